The first kappa shape index (κ1) is 26.4. The van der Waals surface area contributed by atoms with Crippen LogP contribution in [0, 0.1) is 0 Å². The average Bonchev–Trinajstić information content (AvgIpc) is 2.89. The topological polar surface area (TPSA) is 112 Å². The van der Waals surface area contributed by atoms with E-state index in [0.29, 0.717) is 49.7 Å². The Morgan fingerprint density at radius 3 is 2.62 bits per heavy atom. The largest absolute Gasteiger partial charge is 0.507 e. The highest BCUT2D eigenvalue weighted by atomic mass is 16.5. The number of allylic oxidation sites excluding steroid dienone is 1. The number of phenolic OH excluding ortho intramolecular Hbond substituents is 1. The molecule has 3 heterocycles. The van der Waals surface area contributed by atoms with E-state index in [1.165, 1.54) is 4.57 Å². The molecule has 0 saturated carbocycles. The molecule has 2 atom stereocenters. The molecule has 0 aliphatic carbocycles. The highest BCUT2D eigenvalue weighted by Gasteiger charge is 2.37. The molecule has 8 heteroatoms. The lowest BCUT2D eigenvalue weighted by Crippen LogP contribution is -2.29. The van der Waals surface area contributed by atoms with Crippen molar-refractivity contribution in [3.63, 3.8) is 0 Å². The lowest BCUT2D eigenvalue weighted by Gasteiger charge is -2.27. The number of para-hydroxylation sites is 1. The summed E-state index contributed by atoms with van der Waals surface area (Å²) in [7, 11) is 1.66. The van der Waals surface area contributed by atoms with Crippen molar-refractivity contribution in [3.05, 3.63) is 75.1 Å². The number of carbonyl (C=O) groups excluding carboxylic acids is 3. The second-order valence-electron chi connectivity index (χ2n) is 10.3. The van der Waals surface area contributed by atoms with Gasteiger partial charge in [-0.15, -0.1) is 0 Å². The molecular weight excluding hydrogens is 498 g/mol. The maximum Gasteiger partial charge on any atom is 0.342 e. The lowest BCUT2D eigenvalue weighted by molar-refractivity contribution is -0.135. The van der Waals surface area contributed by atoms with Crippen molar-refractivity contribution in [1.82, 2.24) is 4.57 Å². The van der Waals surface area contributed by atoms with E-state index in [0.717, 1.165) is 10.9 Å². The number of nitrogens with zero attached hydrogens (tertiary/aromatic N) is 1. The highest BCUT2D eigenvalue weighted by Crippen LogP contribution is 2.46. The van der Waals surface area contributed by atoms with Gasteiger partial charge in [-0.05, 0) is 61.8 Å². The van der Waals surface area contributed by atoms with Crippen molar-refractivity contribution in [2.45, 2.75) is 63.9 Å². The summed E-state index contributed by atoms with van der Waals surface area (Å²) in [6.45, 7) is 1.75. The van der Waals surface area contributed by atoms with Crippen LogP contribution in [0.15, 0.2) is 47.3 Å². The van der Waals surface area contributed by atoms with Crippen molar-refractivity contribution in [2.24, 2.45) is 7.05 Å². The SMILES string of the molecule is C[C@@H]1CCCC(=O)CCCC=Cc2cc3c(c(O)c2C(=O)O1)[C@@H](c1cc2ccccc2n(C)c1=O)CC(=O)O3. The quantitative estimate of drug-likeness (QED) is 0.342. The number of ether oxygens (including phenoxy) is 2. The van der Waals surface area contributed by atoms with Gasteiger partial charge in [-0.3, -0.25) is 14.4 Å². The minimum Gasteiger partial charge on any atom is -0.507 e. The number of cyclic esters (lactones) is 1. The number of carbonyl (C=O) groups is 3. The van der Waals surface area contributed by atoms with Crippen LogP contribution in [-0.4, -0.2) is 33.5 Å². The molecule has 8 nitrogen and oxygen atoms in total. The predicted octanol–water partition coefficient (Wildman–Crippen LogP) is 5.17. The summed E-state index contributed by atoms with van der Waals surface area (Å²) in [5.74, 6) is -2.15. The molecule has 3 aromatic rings. The minimum atomic E-state index is -0.817. The summed E-state index contributed by atoms with van der Waals surface area (Å²) in [6, 6.07) is 10.7. The standard InChI is InChI=1S/C31H31NO7/c1-18-9-8-13-21(33)12-5-3-4-11-20-16-25-28(29(35)27(20)31(37)38-18)22(17-26(34)39-25)23-15-19-10-6-7-14-24(19)32(2)30(23)36/h4,6-7,10-11,14-16,18,22,35H,3,5,8-9,12-13,17H2,1-2H3/t18-,22-/m1/s1. The van der Waals surface area contributed by atoms with Gasteiger partial charge >= 0.3 is 11.9 Å². The van der Waals surface area contributed by atoms with Crippen LogP contribution < -0.4 is 10.3 Å². The second kappa shape index (κ2) is 10.9. The summed E-state index contributed by atoms with van der Waals surface area (Å²) in [6.07, 6.45) is 6.16. The number of rotatable bonds is 1. The molecule has 1 aromatic heterocycles. The molecule has 2 aromatic carbocycles. The molecule has 0 saturated heterocycles. The Kier molecular flexibility index (Phi) is 7.37. The van der Waals surface area contributed by atoms with Crippen LogP contribution in [0.1, 0.15) is 84.8 Å². The predicted molar refractivity (Wildman–Crippen MR) is 146 cm³/mol. The third-order valence-corrected chi connectivity index (χ3v) is 7.51. The minimum absolute atomic E-state index is 0.0365. The number of hydrogen-bond donors (Lipinski definition) is 1. The van der Waals surface area contributed by atoms with E-state index < -0.39 is 24.0 Å². The summed E-state index contributed by atoms with van der Waals surface area (Å²) in [5.41, 5.74) is 1.28. The van der Waals surface area contributed by atoms with Gasteiger partial charge in [0.1, 0.15) is 22.8 Å². The molecule has 5 rings (SSSR count). The highest BCUT2D eigenvalue weighted by molar-refractivity contribution is 5.98. The van der Waals surface area contributed by atoms with Crippen molar-refractivity contribution in [1.29, 1.82) is 0 Å². The Morgan fingerprint density at radius 2 is 1.79 bits per heavy atom. The monoisotopic (exact) mass is 529 g/mol. The number of ketones is 1. The van der Waals surface area contributed by atoms with E-state index in [-0.39, 0.29) is 40.4 Å². The molecule has 0 radical (unpaired) electrons. The Bertz CT molecular complexity index is 1570. The van der Waals surface area contributed by atoms with Crippen LogP contribution in [0.5, 0.6) is 11.5 Å². The number of aromatic hydroxyl groups is 1. The molecule has 0 unspecified atom stereocenters. The Balaban J connectivity index is 1.67. The average molecular weight is 530 g/mol. The molecule has 1 N–H and O–H groups in total. The van der Waals surface area contributed by atoms with E-state index in [2.05, 4.69) is 0 Å². The zero-order valence-electron chi connectivity index (χ0n) is 22.1. The number of pyridine rings is 1. The van der Waals surface area contributed by atoms with E-state index in [1.807, 2.05) is 30.3 Å². The summed E-state index contributed by atoms with van der Waals surface area (Å²) in [5, 5.41) is 12.4. The van der Waals surface area contributed by atoms with Gasteiger partial charge in [0.25, 0.3) is 5.56 Å². The summed E-state index contributed by atoms with van der Waals surface area (Å²) in [4.78, 5) is 51.6. The molecular formula is C31H31NO7. The van der Waals surface area contributed by atoms with Gasteiger partial charge < -0.3 is 19.1 Å². The zero-order valence-corrected chi connectivity index (χ0v) is 22.1. The maximum atomic E-state index is 13.4. The number of hydrogen-bond acceptors (Lipinski definition) is 7. The lowest BCUT2D eigenvalue weighted by atomic mass is 9.83. The van der Waals surface area contributed by atoms with E-state index in [4.69, 9.17) is 9.47 Å². The summed E-state index contributed by atoms with van der Waals surface area (Å²) < 4.78 is 12.7. The Morgan fingerprint density at radius 1 is 1.03 bits per heavy atom. The van der Waals surface area contributed by atoms with Crippen LogP contribution in [-0.2, 0) is 21.4 Å². The van der Waals surface area contributed by atoms with Gasteiger partial charge in [-0.25, -0.2) is 4.79 Å². The first-order chi connectivity index (χ1) is 18.7. The third kappa shape index (κ3) is 5.24. The first-order valence-electron chi connectivity index (χ1n) is 13.3. The normalized spacial score (nSPS) is 20.5. The van der Waals surface area contributed by atoms with Crippen molar-refractivity contribution in [3.8, 4) is 11.5 Å². The van der Waals surface area contributed by atoms with Crippen LogP contribution in [0.25, 0.3) is 17.0 Å². The van der Waals surface area contributed by atoms with Gasteiger partial charge in [-0.2, -0.15) is 0 Å². The fourth-order valence-electron chi connectivity index (χ4n) is 5.48. The fourth-order valence-corrected chi connectivity index (χ4v) is 5.48. The summed E-state index contributed by atoms with van der Waals surface area (Å²) >= 11 is 0. The van der Waals surface area contributed by atoms with Crippen LogP contribution >= 0.6 is 0 Å². The van der Waals surface area contributed by atoms with Crippen molar-refractivity contribution in [2.75, 3.05) is 0 Å². The molecule has 0 amide bonds. The Hall–Kier alpha value is -4.20. The van der Waals surface area contributed by atoms with Gasteiger partial charge in [0, 0.05) is 36.9 Å². The van der Waals surface area contributed by atoms with Crippen LogP contribution in [0.2, 0.25) is 0 Å². The molecule has 0 fully saturated rings. The number of aryl methyl sites for hydroxylation is 1. The smallest absolute Gasteiger partial charge is 0.342 e. The van der Waals surface area contributed by atoms with Crippen molar-refractivity contribution >= 4 is 34.7 Å². The van der Waals surface area contributed by atoms with Gasteiger partial charge in [0.2, 0.25) is 0 Å². The molecule has 2 aliphatic rings. The number of aromatic nitrogens is 1. The number of fused-ring (bicyclic) bond motifs is 3. The van der Waals surface area contributed by atoms with E-state index >= 15 is 0 Å². The van der Waals surface area contributed by atoms with Gasteiger partial charge in [0.15, 0.2) is 0 Å². The molecule has 39 heavy (non-hydrogen) atoms. The maximum absolute atomic E-state index is 13.4. The van der Waals surface area contributed by atoms with Crippen LogP contribution in [0.3, 0.4) is 0 Å². The number of phenols is 1. The fraction of sp³-hybridized carbons (Fsp3) is 0.355. The van der Waals surface area contributed by atoms with Crippen LogP contribution in [0.4, 0.5) is 0 Å². The zero-order chi connectivity index (χ0) is 27.7. The van der Waals surface area contributed by atoms with E-state index in [1.54, 1.807) is 32.2 Å². The third-order valence-electron chi connectivity index (χ3n) is 7.51. The number of benzene rings is 2. The van der Waals surface area contributed by atoms with Gasteiger partial charge in [0.05, 0.1) is 18.0 Å². The molecule has 2 aliphatic heterocycles. The number of Topliss-reactive ketones (excluding diaryl/α,β-unsaturated/α-hetero) is 1. The second-order valence-corrected chi connectivity index (χ2v) is 10.3. The molecule has 0 spiro atoms. The first-order valence-corrected chi connectivity index (χ1v) is 13.3. The molecule has 202 valence electrons. The van der Waals surface area contributed by atoms with E-state index in [9.17, 15) is 24.3 Å². The van der Waals surface area contributed by atoms with Crippen molar-refractivity contribution < 1.29 is 29.0 Å². The van der Waals surface area contributed by atoms with Gasteiger partial charge in [-0.1, -0.05) is 30.4 Å². The molecule has 0 bridgehead atoms. The number of esters is 2. The Labute approximate surface area is 225 Å².